The van der Waals surface area contributed by atoms with Crippen molar-refractivity contribution in [3.8, 4) is 0 Å². The molecular weight excluding hydrogens is 138 g/mol. The van der Waals surface area contributed by atoms with E-state index in [0.717, 1.165) is 31.0 Å². The molecule has 0 N–H and O–H groups in total. The lowest BCUT2D eigenvalue weighted by Gasteiger charge is -2.02. The molecule has 0 aliphatic rings. The van der Waals surface area contributed by atoms with Gasteiger partial charge < -0.3 is 4.57 Å². The SMILES string of the molecule is CCCc1nnc(C)n1CC. The maximum absolute atomic E-state index is 4.09. The van der Waals surface area contributed by atoms with Crippen LogP contribution in [0.25, 0.3) is 0 Å². The lowest BCUT2D eigenvalue weighted by atomic mass is 10.3. The zero-order valence-electron chi connectivity index (χ0n) is 7.46. The molecule has 0 atom stereocenters. The molecule has 0 unspecified atom stereocenters. The topological polar surface area (TPSA) is 30.7 Å². The average Bonchev–Trinajstić information content (AvgIpc) is 2.33. The molecule has 0 spiro atoms. The van der Waals surface area contributed by atoms with Gasteiger partial charge in [-0.1, -0.05) is 6.92 Å². The minimum absolute atomic E-state index is 0.980. The van der Waals surface area contributed by atoms with Gasteiger partial charge in [0.2, 0.25) is 0 Å². The van der Waals surface area contributed by atoms with Crippen molar-refractivity contribution in [1.82, 2.24) is 14.8 Å². The summed E-state index contributed by atoms with van der Waals surface area (Å²) in [5.41, 5.74) is 0. The van der Waals surface area contributed by atoms with Gasteiger partial charge in [-0.25, -0.2) is 0 Å². The molecule has 0 amide bonds. The lowest BCUT2D eigenvalue weighted by Crippen LogP contribution is -2.02. The fourth-order valence-corrected chi connectivity index (χ4v) is 1.24. The lowest BCUT2D eigenvalue weighted by molar-refractivity contribution is 0.667. The van der Waals surface area contributed by atoms with Crippen LogP contribution >= 0.6 is 0 Å². The van der Waals surface area contributed by atoms with E-state index in [1.165, 1.54) is 0 Å². The van der Waals surface area contributed by atoms with E-state index in [-0.39, 0.29) is 0 Å². The Morgan fingerprint density at radius 2 is 2.00 bits per heavy atom. The molecule has 1 heterocycles. The van der Waals surface area contributed by atoms with Gasteiger partial charge in [0.25, 0.3) is 0 Å². The van der Waals surface area contributed by atoms with Gasteiger partial charge in [-0.15, -0.1) is 10.2 Å². The second-order valence-corrected chi connectivity index (χ2v) is 2.66. The van der Waals surface area contributed by atoms with Crippen LogP contribution in [0.4, 0.5) is 0 Å². The van der Waals surface area contributed by atoms with Gasteiger partial charge in [-0.2, -0.15) is 0 Å². The summed E-state index contributed by atoms with van der Waals surface area (Å²) < 4.78 is 2.16. The third-order valence-electron chi connectivity index (χ3n) is 1.80. The zero-order chi connectivity index (χ0) is 8.27. The normalized spacial score (nSPS) is 10.5. The molecule has 1 aromatic heterocycles. The van der Waals surface area contributed by atoms with Crippen molar-refractivity contribution < 1.29 is 0 Å². The quantitative estimate of drug-likeness (QED) is 0.659. The Bertz CT molecular complexity index is 227. The summed E-state index contributed by atoms with van der Waals surface area (Å²) in [5, 5.41) is 8.11. The average molecular weight is 153 g/mol. The van der Waals surface area contributed by atoms with Crippen LogP contribution in [-0.2, 0) is 13.0 Å². The molecule has 1 rings (SSSR count). The second-order valence-electron chi connectivity index (χ2n) is 2.66. The Hall–Kier alpha value is -0.860. The number of nitrogens with zero attached hydrogens (tertiary/aromatic N) is 3. The Balaban J connectivity index is 2.86. The van der Waals surface area contributed by atoms with Gasteiger partial charge >= 0.3 is 0 Å². The fraction of sp³-hybridized carbons (Fsp3) is 0.750. The molecular formula is C8H15N3. The van der Waals surface area contributed by atoms with Gasteiger partial charge in [0.05, 0.1) is 0 Å². The van der Waals surface area contributed by atoms with Crippen LogP contribution in [-0.4, -0.2) is 14.8 Å². The number of aryl methyl sites for hydroxylation is 2. The van der Waals surface area contributed by atoms with Crippen molar-refractivity contribution >= 4 is 0 Å². The molecule has 0 bridgehead atoms. The molecule has 0 aliphatic carbocycles. The van der Waals surface area contributed by atoms with Crippen LogP contribution in [0.1, 0.15) is 31.9 Å². The molecule has 0 saturated heterocycles. The Morgan fingerprint density at radius 1 is 1.27 bits per heavy atom. The summed E-state index contributed by atoms with van der Waals surface area (Å²) in [7, 11) is 0. The highest BCUT2D eigenvalue weighted by molar-refractivity contribution is 4.93. The summed E-state index contributed by atoms with van der Waals surface area (Å²) in [6, 6.07) is 0. The zero-order valence-corrected chi connectivity index (χ0v) is 7.46. The fourth-order valence-electron chi connectivity index (χ4n) is 1.24. The molecule has 62 valence electrons. The first-order valence-corrected chi connectivity index (χ1v) is 4.18. The highest BCUT2D eigenvalue weighted by atomic mass is 15.3. The minimum Gasteiger partial charge on any atom is -0.316 e. The van der Waals surface area contributed by atoms with Crippen molar-refractivity contribution in [1.29, 1.82) is 0 Å². The summed E-state index contributed by atoms with van der Waals surface area (Å²) >= 11 is 0. The summed E-state index contributed by atoms with van der Waals surface area (Å²) in [6.07, 6.45) is 2.17. The number of aromatic nitrogens is 3. The van der Waals surface area contributed by atoms with Crippen LogP contribution in [0.15, 0.2) is 0 Å². The van der Waals surface area contributed by atoms with Crippen molar-refractivity contribution in [3.05, 3.63) is 11.6 Å². The summed E-state index contributed by atoms with van der Waals surface area (Å²) in [5.74, 6) is 2.14. The predicted molar refractivity (Wildman–Crippen MR) is 44.4 cm³/mol. The molecule has 3 nitrogen and oxygen atoms in total. The number of rotatable bonds is 3. The molecule has 0 aromatic carbocycles. The van der Waals surface area contributed by atoms with E-state index in [2.05, 4.69) is 28.6 Å². The van der Waals surface area contributed by atoms with E-state index in [9.17, 15) is 0 Å². The van der Waals surface area contributed by atoms with Crippen LogP contribution in [0.2, 0.25) is 0 Å². The van der Waals surface area contributed by atoms with Crippen LogP contribution in [0.5, 0.6) is 0 Å². The van der Waals surface area contributed by atoms with E-state index in [0.29, 0.717) is 0 Å². The highest BCUT2D eigenvalue weighted by Crippen LogP contribution is 2.02. The van der Waals surface area contributed by atoms with Crippen LogP contribution < -0.4 is 0 Å². The van der Waals surface area contributed by atoms with Crippen molar-refractivity contribution in [2.24, 2.45) is 0 Å². The molecule has 0 saturated carbocycles. The number of hydrogen-bond acceptors (Lipinski definition) is 2. The molecule has 0 aliphatic heterocycles. The monoisotopic (exact) mass is 153 g/mol. The molecule has 11 heavy (non-hydrogen) atoms. The first-order chi connectivity index (χ1) is 5.29. The van der Waals surface area contributed by atoms with Gasteiger partial charge in [0.15, 0.2) is 0 Å². The predicted octanol–water partition coefficient (Wildman–Crippen LogP) is 1.56. The first-order valence-electron chi connectivity index (χ1n) is 4.18. The van der Waals surface area contributed by atoms with Crippen LogP contribution in [0, 0.1) is 6.92 Å². The Kier molecular flexibility index (Phi) is 2.63. The molecule has 1 aromatic rings. The molecule has 0 radical (unpaired) electrons. The Labute approximate surface area is 67.4 Å². The van der Waals surface area contributed by atoms with Crippen molar-refractivity contribution in [2.45, 2.75) is 40.2 Å². The van der Waals surface area contributed by atoms with E-state index in [4.69, 9.17) is 0 Å². The highest BCUT2D eigenvalue weighted by Gasteiger charge is 2.04. The van der Waals surface area contributed by atoms with Gasteiger partial charge in [0.1, 0.15) is 11.6 Å². The van der Waals surface area contributed by atoms with Crippen molar-refractivity contribution in [3.63, 3.8) is 0 Å². The second kappa shape index (κ2) is 3.51. The first kappa shape index (κ1) is 8.24. The molecule has 0 fully saturated rings. The van der Waals surface area contributed by atoms with Gasteiger partial charge in [-0.05, 0) is 20.3 Å². The standard InChI is InChI=1S/C8H15N3/c1-4-6-8-10-9-7(3)11(8)5-2/h4-6H2,1-3H3. The third kappa shape index (κ3) is 1.59. The molecule has 3 heteroatoms. The number of hydrogen-bond donors (Lipinski definition) is 0. The smallest absolute Gasteiger partial charge is 0.132 e. The third-order valence-corrected chi connectivity index (χ3v) is 1.80. The maximum Gasteiger partial charge on any atom is 0.132 e. The van der Waals surface area contributed by atoms with E-state index in [1.54, 1.807) is 0 Å². The maximum atomic E-state index is 4.09. The van der Waals surface area contributed by atoms with Gasteiger partial charge in [0, 0.05) is 13.0 Å². The van der Waals surface area contributed by atoms with E-state index >= 15 is 0 Å². The van der Waals surface area contributed by atoms with Crippen molar-refractivity contribution in [2.75, 3.05) is 0 Å². The minimum atomic E-state index is 0.980. The van der Waals surface area contributed by atoms with E-state index in [1.807, 2.05) is 6.92 Å². The van der Waals surface area contributed by atoms with Gasteiger partial charge in [-0.3, -0.25) is 0 Å². The largest absolute Gasteiger partial charge is 0.316 e. The Morgan fingerprint density at radius 3 is 2.55 bits per heavy atom. The van der Waals surface area contributed by atoms with E-state index < -0.39 is 0 Å². The summed E-state index contributed by atoms with van der Waals surface area (Å²) in [4.78, 5) is 0. The summed E-state index contributed by atoms with van der Waals surface area (Å²) in [6.45, 7) is 7.25. The van der Waals surface area contributed by atoms with Crippen LogP contribution in [0.3, 0.4) is 0 Å².